The van der Waals surface area contributed by atoms with Crippen molar-refractivity contribution in [2.24, 2.45) is 0 Å². The fraction of sp³-hybridized carbons (Fsp3) is 0.385. The molecule has 0 aliphatic carbocycles. The van der Waals surface area contributed by atoms with Gasteiger partial charge in [-0.2, -0.15) is 0 Å². The molecule has 0 bridgehead atoms. The largest absolute Gasteiger partial charge is 0.483 e. The van der Waals surface area contributed by atoms with Crippen LogP contribution in [0.3, 0.4) is 0 Å². The topological polar surface area (TPSA) is 70.7 Å². The second kappa shape index (κ2) is 6.47. The lowest BCUT2D eigenvalue weighted by Crippen LogP contribution is -2.41. The van der Waals surface area contributed by atoms with Crippen molar-refractivity contribution >= 4 is 23.5 Å². The van der Waals surface area contributed by atoms with Gasteiger partial charge in [-0.15, -0.1) is 0 Å². The van der Waals surface area contributed by atoms with Gasteiger partial charge in [0.05, 0.1) is 0 Å². The highest BCUT2D eigenvalue weighted by Gasteiger charge is 2.21. The van der Waals surface area contributed by atoms with Crippen LogP contribution in [0, 0.1) is 0 Å². The molecular weight excluding hydrogens is 282 g/mol. The maximum absolute atomic E-state index is 12.0. The summed E-state index contributed by atoms with van der Waals surface area (Å²) in [6, 6.07) is 5.01. The minimum Gasteiger partial charge on any atom is -0.483 e. The summed E-state index contributed by atoms with van der Waals surface area (Å²) in [6.07, 6.45) is 0. The average Bonchev–Trinajstić information content (AvgIpc) is 2.58. The molecule has 1 aromatic carbocycles. The van der Waals surface area contributed by atoms with Gasteiger partial charge in [-0.25, -0.2) is 4.79 Å². The van der Waals surface area contributed by atoms with Gasteiger partial charge < -0.3 is 20.3 Å². The number of carbonyl (C=O) groups is 2. The predicted molar refractivity (Wildman–Crippen MR) is 74.8 cm³/mol. The fourth-order valence-electron chi connectivity index (χ4n) is 1.93. The normalized spacial score (nSPS) is 14.1. The molecule has 6 nitrogen and oxygen atoms in total. The van der Waals surface area contributed by atoms with Gasteiger partial charge >= 0.3 is 6.03 Å². The molecule has 0 aromatic heterocycles. The quantitative estimate of drug-likeness (QED) is 0.874. The van der Waals surface area contributed by atoms with Crippen molar-refractivity contribution in [1.82, 2.24) is 15.5 Å². The summed E-state index contributed by atoms with van der Waals surface area (Å²) >= 11 is 5.95. The van der Waals surface area contributed by atoms with Gasteiger partial charge in [0.25, 0.3) is 5.91 Å². The molecule has 0 saturated carbocycles. The van der Waals surface area contributed by atoms with Crippen LogP contribution in [0.1, 0.15) is 5.56 Å². The Kier molecular flexibility index (Phi) is 4.68. The fourth-order valence-corrected chi connectivity index (χ4v) is 2.13. The van der Waals surface area contributed by atoms with E-state index in [0.717, 1.165) is 5.56 Å². The standard InChI is InChI=1S/C13H16ClN3O3/c1-15-13(19)16-4-5-17-7-9-6-10(14)2-3-11(9)20-8-12(17)18/h2-3,6H,4-5,7-8H2,1H3,(H2,15,16,19). The monoisotopic (exact) mass is 297 g/mol. The molecular formula is C13H16ClN3O3. The molecule has 108 valence electrons. The van der Waals surface area contributed by atoms with Gasteiger partial charge in [0, 0.05) is 37.3 Å². The third-order valence-corrected chi connectivity index (χ3v) is 3.22. The first-order valence-corrected chi connectivity index (χ1v) is 6.62. The number of fused-ring (bicyclic) bond motifs is 1. The number of nitrogens with one attached hydrogen (secondary N) is 2. The molecule has 1 aromatic rings. The predicted octanol–water partition coefficient (Wildman–Crippen LogP) is 0.990. The van der Waals surface area contributed by atoms with E-state index < -0.39 is 0 Å². The first-order chi connectivity index (χ1) is 9.60. The van der Waals surface area contributed by atoms with E-state index in [4.69, 9.17) is 16.3 Å². The molecule has 7 heteroatoms. The molecule has 0 unspecified atom stereocenters. The SMILES string of the molecule is CNC(=O)NCCN1Cc2cc(Cl)ccc2OCC1=O. The lowest BCUT2D eigenvalue weighted by molar-refractivity contribution is -0.133. The van der Waals surface area contributed by atoms with Crippen LogP contribution in [0.2, 0.25) is 5.02 Å². The molecule has 0 atom stereocenters. The van der Waals surface area contributed by atoms with Gasteiger partial charge in [0.2, 0.25) is 0 Å². The molecule has 1 aliphatic heterocycles. The van der Waals surface area contributed by atoms with Gasteiger partial charge in [-0.05, 0) is 18.2 Å². The van der Waals surface area contributed by atoms with Crippen molar-refractivity contribution in [3.8, 4) is 5.75 Å². The Balaban J connectivity index is 2.02. The number of benzene rings is 1. The lowest BCUT2D eigenvalue weighted by atomic mass is 10.2. The van der Waals surface area contributed by atoms with E-state index in [2.05, 4.69) is 10.6 Å². The highest BCUT2D eigenvalue weighted by Crippen LogP contribution is 2.26. The molecule has 3 amide bonds. The van der Waals surface area contributed by atoms with Crippen LogP contribution in [-0.4, -0.2) is 43.6 Å². The Morgan fingerprint density at radius 1 is 1.50 bits per heavy atom. The molecule has 2 rings (SSSR count). The zero-order valence-corrected chi connectivity index (χ0v) is 11.9. The van der Waals surface area contributed by atoms with Crippen LogP contribution < -0.4 is 15.4 Å². The second-order valence-electron chi connectivity index (χ2n) is 4.36. The van der Waals surface area contributed by atoms with Crippen molar-refractivity contribution in [3.63, 3.8) is 0 Å². The van der Waals surface area contributed by atoms with Crippen molar-refractivity contribution in [1.29, 1.82) is 0 Å². The Morgan fingerprint density at radius 3 is 3.05 bits per heavy atom. The van der Waals surface area contributed by atoms with Gasteiger partial charge in [0.15, 0.2) is 6.61 Å². The van der Waals surface area contributed by atoms with E-state index in [0.29, 0.717) is 30.4 Å². The molecule has 1 heterocycles. The lowest BCUT2D eigenvalue weighted by Gasteiger charge is -2.20. The smallest absolute Gasteiger partial charge is 0.314 e. The highest BCUT2D eigenvalue weighted by molar-refractivity contribution is 6.30. The van der Waals surface area contributed by atoms with Crippen molar-refractivity contribution in [2.45, 2.75) is 6.54 Å². The van der Waals surface area contributed by atoms with Crippen molar-refractivity contribution in [3.05, 3.63) is 28.8 Å². The number of halogens is 1. The number of urea groups is 1. The summed E-state index contributed by atoms with van der Waals surface area (Å²) < 4.78 is 5.45. The summed E-state index contributed by atoms with van der Waals surface area (Å²) in [6.45, 7) is 1.21. The van der Waals surface area contributed by atoms with Gasteiger partial charge in [-0.1, -0.05) is 11.6 Å². The van der Waals surface area contributed by atoms with Crippen LogP contribution in [0.5, 0.6) is 5.75 Å². The molecule has 0 radical (unpaired) electrons. The molecule has 20 heavy (non-hydrogen) atoms. The minimum absolute atomic E-state index is 0.00535. The van der Waals surface area contributed by atoms with E-state index in [9.17, 15) is 9.59 Å². The maximum atomic E-state index is 12.0. The summed E-state index contributed by atoms with van der Waals surface area (Å²) in [5, 5.41) is 5.70. The van der Waals surface area contributed by atoms with E-state index in [-0.39, 0.29) is 18.5 Å². The van der Waals surface area contributed by atoms with Crippen molar-refractivity contribution in [2.75, 3.05) is 26.7 Å². The Labute approximate surface area is 122 Å². The van der Waals surface area contributed by atoms with Crippen LogP contribution in [0.15, 0.2) is 18.2 Å². The molecule has 0 saturated heterocycles. The van der Waals surface area contributed by atoms with E-state index in [1.807, 2.05) is 0 Å². The Morgan fingerprint density at radius 2 is 2.30 bits per heavy atom. The maximum Gasteiger partial charge on any atom is 0.314 e. The van der Waals surface area contributed by atoms with Gasteiger partial charge in [0.1, 0.15) is 5.75 Å². The summed E-state index contributed by atoms with van der Waals surface area (Å²) in [5.41, 5.74) is 0.864. The highest BCUT2D eigenvalue weighted by atomic mass is 35.5. The summed E-state index contributed by atoms with van der Waals surface area (Å²) in [5.74, 6) is 0.556. The first kappa shape index (κ1) is 14.5. The Hall–Kier alpha value is -1.95. The average molecular weight is 298 g/mol. The summed E-state index contributed by atoms with van der Waals surface area (Å²) in [7, 11) is 1.54. The molecule has 0 fully saturated rings. The number of carbonyl (C=O) groups excluding carboxylic acids is 2. The third kappa shape index (κ3) is 3.54. The number of amides is 3. The number of hydrogen-bond donors (Lipinski definition) is 2. The second-order valence-corrected chi connectivity index (χ2v) is 4.80. The zero-order chi connectivity index (χ0) is 14.5. The zero-order valence-electron chi connectivity index (χ0n) is 11.1. The van der Waals surface area contributed by atoms with E-state index >= 15 is 0 Å². The number of rotatable bonds is 3. The number of hydrogen-bond acceptors (Lipinski definition) is 3. The molecule has 0 spiro atoms. The molecule has 1 aliphatic rings. The van der Waals surface area contributed by atoms with Crippen LogP contribution in [0.25, 0.3) is 0 Å². The van der Waals surface area contributed by atoms with Gasteiger partial charge in [-0.3, -0.25) is 4.79 Å². The molecule has 2 N–H and O–H groups in total. The summed E-state index contributed by atoms with van der Waals surface area (Å²) in [4.78, 5) is 24.7. The minimum atomic E-state index is -0.271. The van der Waals surface area contributed by atoms with Crippen LogP contribution >= 0.6 is 11.6 Å². The third-order valence-electron chi connectivity index (χ3n) is 2.98. The van der Waals surface area contributed by atoms with E-state index in [1.165, 1.54) is 0 Å². The van der Waals surface area contributed by atoms with E-state index in [1.54, 1.807) is 30.1 Å². The first-order valence-electron chi connectivity index (χ1n) is 6.24. The Bertz CT molecular complexity index is 522. The van der Waals surface area contributed by atoms with Crippen molar-refractivity contribution < 1.29 is 14.3 Å². The van der Waals surface area contributed by atoms with Crippen LogP contribution in [0.4, 0.5) is 4.79 Å². The van der Waals surface area contributed by atoms with Crippen LogP contribution in [-0.2, 0) is 11.3 Å². The number of nitrogens with zero attached hydrogens (tertiary/aromatic N) is 1. The number of ether oxygens (including phenoxy) is 1.